The molecule has 1 nitrogen and oxygen atoms in total. The summed E-state index contributed by atoms with van der Waals surface area (Å²) in [6, 6.07) is 1.38. The summed E-state index contributed by atoms with van der Waals surface area (Å²) < 4.78 is 48.9. The van der Waals surface area contributed by atoms with Crippen molar-refractivity contribution < 1.29 is 17.6 Å². The zero-order chi connectivity index (χ0) is 8.70. The Morgan fingerprint density at radius 1 is 1.36 bits per heavy atom. The molecule has 0 aliphatic carbocycles. The number of hydrogen-bond donors (Lipinski definition) is 0. The molecule has 0 saturated carbocycles. The summed E-state index contributed by atoms with van der Waals surface area (Å²) in [5.41, 5.74) is 0. The summed E-state index contributed by atoms with van der Waals surface area (Å²) in [5, 5.41) is 2.73. The molecule has 1 unspecified atom stereocenters. The molecule has 1 fully saturated rings. The average molecular weight is 185 g/mol. The van der Waals surface area contributed by atoms with Crippen LogP contribution in [0.2, 0.25) is 0 Å². The molecule has 0 N–H and O–H groups in total. The minimum absolute atomic E-state index is 0.270. The highest BCUT2D eigenvalue weighted by Gasteiger charge is 2.64. The second-order valence-corrected chi connectivity index (χ2v) is 3.48. The third kappa shape index (κ3) is 1.29. The zero-order valence-corrected chi connectivity index (χ0v) is 5.97. The van der Waals surface area contributed by atoms with Crippen LogP contribution in [-0.2, 0) is 0 Å². The van der Waals surface area contributed by atoms with Crippen molar-refractivity contribution >= 4 is 11.8 Å². The van der Waals surface area contributed by atoms with Gasteiger partial charge in [-0.3, -0.25) is 0 Å². The summed E-state index contributed by atoms with van der Waals surface area (Å²) in [7, 11) is 0. The van der Waals surface area contributed by atoms with E-state index >= 15 is 0 Å². The van der Waals surface area contributed by atoms with E-state index in [1.807, 2.05) is 0 Å². The number of thioether (sulfide) groups is 1. The Hall–Kier alpha value is -0.440. The van der Waals surface area contributed by atoms with Gasteiger partial charge in [0.05, 0.1) is 6.07 Å². The van der Waals surface area contributed by atoms with Crippen molar-refractivity contribution in [1.29, 1.82) is 5.26 Å². The van der Waals surface area contributed by atoms with E-state index in [1.54, 1.807) is 0 Å². The van der Waals surface area contributed by atoms with Crippen molar-refractivity contribution in [3.63, 3.8) is 0 Å². The highest BCUT2D eigenvalue weighted by Crippen LogP contribution is 2.54. The maximum Gasteiger partial charge on any atom is 0.357 e. The zero-order valence-electron chi connectivity index (χ0n) is 5.15. The topological polar surface area (TPSA) is 23.8 Å². The van der Waals surface area contributed by atoms with Crippen LogP contribution in [-0.4, -0.2) is 16.4 Å². The van der Waals surface area contributed by atoms with Gasteiger partial charge in [0.15, 0.2) is 0 Å². The Morgan fingerprint density at radius 2 is 1.91 bits per heavy atom. The van der Waals surface area contributed by atoms with E-state index in [9.17, 15) is 17.6 Å². The molecule has 0 aromatic rings. The van der Waals surface area contributed by atoms with Gasteiger partial charge in [-0.15, -0.1) is 0 Å². The van der Waals surface area contributed by atoms with Gasteiger partial charge in [-0.2, -0.15) is 22.8 Å². The van der Waals surface area contributed by atoms with Gasteiger partial charge < -0.3 is 0 Å². The Kier molecular flexibility index (Phi) is 1.79. The lowest BCUT2D eigenvalue weighted by atomic mass is 10.2. The minimum Gasteiger partial charge on any atom is -0.199 e. The summed E-state index contributed by atoms with van der Waals surface area (Å²) in [4.78, 5) is 0. The monoisotopic (exact) mass is 185 g/mol. The molecule has 1 heterocycles. The van der Waals surface area contributed by atoms with E-state index in [0.29, 0.717) is 0 Å². The average Bonchev–Trinajstić information content (AvgIpc) is 2.03. The lowest BCUT2D eigenvalue weighted by Gasteiger charge is -2.15. The molecule has 1 aliphatic heterocycles. The fourth-order valence-corrected chi connectivity index (χ4v) is 1.69. The standard InChI is InChI=1S/C5H3F4NS/c6-4(7)1-3(2-10)11-5(4,8)9/h3H,1H2. The van der Waals surface area contributed by atoms with E-state index in [2.05, 4.69) is 0 Å². The fraction of sp³-hybridized carbons (Fsp3) is 0.800. The number of alkyl halides is 4. The van der Waals surface area contributed by atoms with E-state index in [1.165, 1.54) is 6.07 Å². The van der Waals surface area contributed by atoms with Crippen LogP contribution >= 0.6 is 11.8 Å². The SMILES string of the molecule is N#CC1CC(F)(F)C(F)(F)S1. The number of nitrogens with zero attached hydrogens (tertiary/aromatic N) is 1. The highest BCUT2D eigenvalue weighted by molar-refractivity contribution is 8.01. The number of rotatable bonds is 0. The van der Waals surface area contributed by atoms with E-state index < -0.39 is 22.8 Å². The molecule has 1 rings (SSSR count). The second kappa shape index (κ2) is 2.27. The molecule has 0 radical (unpaired) electrons. The van der Waals surface area contributed by atoms with Gasteiger partial charge in [-0.25, -0.2) is 0 Å². The number of hydrogen-bond acceptors (Lipinski definition) is 2. The summed E-state index contributed by atoms with van der Waals surface area (Å²) >= 11 is -0.270. The third-order valence-corrected chi connectivity index (χ3v) is 2.45. The molecule has 1 aliphatic rings. The van der Waals surface area contributed by atoms with Crippen LogP contribution in [0.4, 0.5) is 17.6 Å². The molecule has 0 amide bonds. The second-order valence-electron chi connectivity index (χ2n) is 2.16. The van der Waals surface area contributed by atoms with Crippen LogP contribution < -0.4 is 0 Å². The van der Waals surface area contributed by atoms with Crippen LogP contribution in [0, 0.1) is 11.3 Å². The fourth-order valence-electron chi connectivity index (χ4n) is 0.730. The predicted molar refractivity (Wildman–Crippen MR) is 31.5 cm³/mol. The Morgan fingerprint density at radius 3 is 2.09 bits per heavy atom. The molecule has 1 saturated heterocycles. The molecular weight excluding hydrogens is 182 g/mol. The van der Waals surface area contributed by atoms with Gasteiger partial charge in [-0.1, -0.05) is 11.8 Å². The summed E-state index contributed by atoms with van der Waals surface area (Å²) in [6.07, 6.45) is -1.05. The molecule has 0 spiro atoms. The van der Waals surface area contributed by atoms with Crippen LogP contribution in [0.3, 0.4) is 0 Å². The summed E-state index contributed by atoms with van der Waals surface area (Å²) in [6.45, 7) is 0. The van der Waals surface area contributed by atoms with Crippen molar-refractivity contribution in [2.24, 2.45) is 0 Å². The maximum absolute atomic E-state index is 12.2. The molecule has 62 valence electrons. The van der Waals surface area contributed by atoms with E-state index in [-0.39, 0.29) is 11.8 Å². The summed E-state index contributed by atoms with van der Waals surface area (Å²) in [5.74, 6) is -4.03. The molecular formula is C5H3F4NS. The third-order valence-electron chi connectivity index (χ3n) is 1.30. The van der Waals surface area contributed by atoms with Gasteiger partial charge in [0.1, 0.15) is 5.25 Å². The highest BCUT2D eigenvalue weighted by atomic mass is 32.2. The van der Waals surface area contributed by atoms with Gasteiger partial charge in [0.2, 0.25) is 0 Å². The quantitative estimate of drug-likeness (QED) is 0.540. The number of halogens is 4. The molecule has 11 heavy (non-hydrogen) atoms. The molecule has 6 heteroatoms. The Bertz CT molecular complexity index is 193. The Labute approximate surface area is 64.4 Å². The first kappa shape index (κ1) is 8.65. The van der Waals surface area contributed by atoms with Gasteiger partial charge >= 0.3 is 11.2 Å². The van der Waals surface area contributed by atoms with E-state index in [0.717, 1.165) is 0 Å². The van der Waals surface area contributed by atoms with Gasteiger partial charge in [0, 0.05) is 6.42 Å². The van der Waals surface area contributed by atoms with Crippen LogP contribution in [0.15, 0.2) is 0 Å². The first-order chi connectivity index (χ1) is 4.89. The van der Waals surface area contributed by atoms with Crippen LogP contribution in [0.5, 0.6) is 0 Å². The lowest BCUT2D eigenvalue weighted by Crippen LogP contribution is -2.31. The van der Waals surface area contributed by atoms with Crippen molar-refractivity contribution in [2.75, 3.05) is 0 Å². The predicted octanol–water partition coefficient (Wildman–Crippen LogP) is 2.24. The van der Waals surface area contributed by atoms with Gasteiger partial charge in [0.25, 0.3) is 0 Å². The first-order valence-electron chi connectivity index (χ1n) is 2.72. The van der Waals surface area contributed by atoms with Crippen molar-refractivity contribution in [1.82, 2.24) is 0 Å². The van der Waals surface area contributed by atoms with Gasteiger partial charge in [-0.05, 0) is 0 Å². The smallest absolute Gasteiger partial charge is 0.199 e. The largest absolute Gasteiger partial charge is 0.357 e. The molecule has 0 aromatic carbocycles. The van der Waals surface area contributed by atoms with Crippen LogP contribution in [0.25, 0.3) is 0 Å². The van der Waals surface area contributed by atoms with E-state index in [4.69, 9.17) is 5.26 Å². The Balaban J connectivity index is 2.82. The number of nitriles is 1. The van der Waals surface area contributed by atoms with Crippen molar-refractivity contribution in [3.05, 3.63) is 0 Å². The molecule has 0 bridgehead atoms. The first-order valence-corrected chi connectivity index (χ1v) is 3.60. The van der Waals surface area contributed by atoms with Crippen molar-refractivity contribution in [2.45, 2.75) is 22.8 Å². The lowest BCUT2D eigenvalue weighted by molar-refractivity contribution is -0.144. The normalized spacial score (nSPS) is 33.2. The van der Waals surface area contributed by atoms with Crippen LogP contribution in [0.1, 0.15) is 6.42 Å². The molecule has 0 aromatic heterocycles. The van der Waals surface area contributed by atoms with Crippen molar-refractivity contribution in [3.8, 4) is 6.07 Å². The molecule has 1 atom stereocenters. The minimum atomic E-state index is -4.08. The maximum atomic E-state index is 12.2.